The quantitative estimate of drug-likeness (QED) is 0.856. The third-order valence-corrected chi connectivity index (χ3v) is 3.17. The van der Waals surface area contributed by atoms with Crippen molar-refractivity contribution in [2.75, 3.05) is 13.1 Å². The van der Waals surface area contributed by atoms with Crippen LogP contribution in [0.25, 0.3) is 0 Å². The maximum Gasteiger partial charge on any atom is 0.231 e. The molecular formula is C13H15N3O2. The van der Waals surface area contributed by atoms with Gasteiger partial charge in [-0.05, 0) is 30.7 Å². The summed E-state index contributed by atoms with van der Waals surface area (Å²) in [5.74, 6) is 1.99. The van der Waals surface area contributed by atoms with E-state index in [1.807, 2.05) is 12.1 Å². The van der Waals surface area contributed by atoms with E-state index in [9.17, 15) is 5.11 Å². The fourth-order valence-electron chi connectivity index (χ4n) is 2.22. The topological polar surface area (TPSA) is 71.2 Å². The minimum absolute atomic E-state index is 0.260. The SMILES string of the molecule is Oc1cccc(Cc2noc(C3CCNC3)n2)c1. The van der Waals surface area contributed by atoms with Crippen LogP contribution in [-0.2, 0) is 6.42 Å². The molecule has 0 bridgehead atoms. The van der Waals surface area contributed by atoms with Gasteiger partial charge in [0, 0.05) is 13.0 Å². The summed E-state index contributed by atoms with van der Waals surface area (Å²) in [6, 6.07) is 7.11. The molecule has 2 aromatic rings. The second-order valence-electron chi connectivity index (χ2n) is 4.59. The van der Waals surface area contributed by atoms with Crippen molar-refractivity contribution in [1.29, 1.82) is 0 Å². The average Bonchev–Trinajstić information content (AvgIpc) is 2.98. The minimum atomic E-state index is 0.260. The molecule has 1 fully saturated rings. The van der Waals surface area contributed by atoms with Crippen molar-refractivity contribution in [1.82, 2.24) is 15.5 Å². The summed E-state index contributed by atoms with van der Waals surface area (Å²) in [5.41, 5.74) is 0.979. The molecule has 0 aliphatic carbocycles. The molecule has 5 heteroatoms. The van der Waals surface area contributed by atoms with Crippen molar-refractivity contribution in [3.05, 3.63) is 41.5 Å². The Kier molecular flexibility index (Phi) is 2.98. The van der Waals surface area contributed by atoms with Crippen LogP contribution in [0.2, 0.25) is 0 Å². The van der Waals surface area contributed by atoms with Gasteiger partial charge < -0.3 is 14.9 Å². The van der Waals surface area contributed by atoms with Crippen molar-refractivity contribution in [2.45, 2.75) is 18.8 Å². The minimum Gasteiger partial charge on any atom is -0.508 e. The lowest BCUT2D eigenvalue weighted by Gasteiger charge is -1.99. The Morgan fingerprint density at radius 1 is 1.44 bits per heavy atom. The van der Waals surface area contributed by atoms with E-state index in [1.54, 1.807) is 12.1 Å². The molecule has 0 radical (unpaired) electrons. The van der Waals surface area contributed by atoms with Crippen LogP contribution in [0.3, 0.4) is 0 Å². The monoisotopic (exact) mass is 245 g/mol. The second-order valence-corrected chi connectivity index (χ2v) is 4.59. The van der Waals surface area contributed by atoms with Gasteiger partial charge in [0.1, 0.15) is 5.75 Å². The Morgan fingerprint density at radius 3 is 3.17 bits per heavy atom. The molecule has 1 aliphatic rings. The first-order valence-corrected chi connectivity index (χ1v) is 6.12. The third kappa shape index (κ3) is 2.36. The van der Waals surface area contributed by atoms with E-state index >= 15 is 0 Å². The molecule has 2 N–H and O–H groups in total. The van der Waals surface area contributed by atoms with Crippen LogP contribution in [-0.4, -0.2) is 28.3 Å². The molecule has 18 heavy (non-hydrogen) atoms. The van der Waals surface area contributed by atoms with Crippen molar-refractivity contribution >= 4 is 0 Å². The molecule has 5 nitrogen and oxygen atoms in total. The summed E-state index contributed by atoms with van der Waals surface area (Å²) in [5, 5.41) is 16.7. The maximum absolute atomic E-state index is 9.40. The van der Waals surface area contributed by atoms with E-state index in [-0.39, 0.29) is 5.75 Å². The number of aromatic nitrogens is 2. The Hall–Kier alpha value is -1.88. The predicted molar refractivity (Wildman–Crippen MR) is 65.4 cm³/mol. The zero-order valence-corrected chi connectivity index (χ0v) is 9.97. The first kappa shape index (κ1) is 11.2. The molecule has 94 valence electrons. The van der Waals surface area contributed by atoms with Crippen molar-refractivity contribution in [3.8, 4) is 5.75 Å². The summed E-state index contributed by atoms with van der Waals surface area (Å²) in [6.45, 7) is 1.92. The number of phenols is 1. The van der Waals surface area contributed by atoms with Gasteiger partial charge >= 0.3 is 0 Å². The van der Waals surface area contributed by atoms with Gasteiger partial charge in [-0.3, -0.25) is 0 Å². The highest BCUT2D eigenvalue weighted by atomic mass is 16.5. The number of benzene rings is 1. The fraction of sp³-hybridized carbons (Fsp3) is 0.385. The zero-order valence-electron chi connectivity index (χ0n) is 9.97. The first-order valence-electron chi connectivity index (χ1n) is 6.12. The second kappa shape index (κ2) is 4.78. The maximum atomic E-state index is 9.40. The highest BCUT2D eigenvalue weighted by Crippen LogP contribution is 2.21. The van der Waals surface area contributed by atoms with Gasteiger partial charge in [0.25, 0.3) is 0 Å². The standard InChI is InChI=1S/C13H15N3O2/c17-11-3-1-2-9(6-11)7-12-15-13(18-16-12)10-4-5-14-8-10/h1-3,6,10,14,17H,4-5,7-8H2. The number of nitrogens with zero attached hydrogens (tertiary/aromatic N) is 2. The molecule has 0 spiro atoms. The lowest BCUT2D eigenvalue weighted by atomic mass is 10.1. The Labute approximate surface area is 105 Å². The van der Waals surface area contributed by atoms with Crippen molar-refractivity contribution in [2.24, 2.45) is 0 Å². The number of phenolic OH excluding ortho intramolecular Hbond substituents is 1. The Bertz CT molecular complexity index is 533. The molecule has 3 rings (SSSR count). The zero-order chi connectivity index (χ0) is 12.4. The van der Waals surface area contributed by atoms with Crippen LogP contribution in [0, 0.1) is 0 Å². The van der Waals surface area contributed by atoms with Gasteiger partial charge in [0.15, 0.2) is 5.82 Å². The highest BCUT2D eigenvalue weighted by Gasteiger charge is 2.22. The van der Waals surface area contributed by atoms with Gasteiger partial charge in [-0.25, -0.2) is 0 Å². The number of nitrogens with one attached hydrogen (secondary N) is 1. The van der Waals surface area contributed by atoms with Crippen molar-refractivity contribution < 1.29 is 9.63 Å². The van der Waals surface area contributed by atoms with Crippen LogP contribution < -0.4 is 5.32 Å². The average molecular weight is 245 g/mol. The molecule has 1 saturated heterocycles. The third-order valence-electron chi connectivity index (χ3n) is 3.17. The normalized spacial score (nSPS) is 19.2. The Morgan fingerprint density at radius 2 is 2.39 bits per heavy atom. The summed E-state index contributed by atoms with van der Waals surface area (Å²) >= 11 is 0. The molecule has 1 aromatic carbocycles. The van der Waals surface area contributed by atoms with Crippen LogP contribution in [0.1, 0.15) is 29.6 Å². The van der Waals surface area contributed by atoms with Crippen molar-refractivity contribution in [3.63, 3.8) is 0 Å². The number of aromatic hydroxyl groups is 1. The van der Waals surface area contributed by atoms with Gasteiger partial charge in [0.05, 0.1) is 5.92 Å². The van der Waals surface area contributed by atoms with E-state index in [1.165, 1.54) is 0 Å². The van der Waals surface area contributed by atoms with Crippen LogP contribution in [0.5, 0.6) is 5.75 Å². The van der Waals surface area contributed by atoms with Gasteiger partial charge in [-0.15, -0.1) is 0 Å². The fourth-order valence-corrected chi connectivity index (χ4v) is 2.22. The van der Waals surface area contributed by atoms with Gasteiger partial charge in [-0.1, -0.05) is 17.3 Å². The smallest absolute Gasteiger partial charge is 0.231 e. The summed E-state index contributed by atoms with van der Waals surface area (Å²) in [7, 11) is 0. The van der Waals surface area contributed by atoms with Gasteiger partial charge in [-0.2, -0.15) is 4.98 Å². The molecule has 0 saturated carbocycles. The van der Waals surface area contributed by atoms with Gasteiger partial charge in [0.2, 0.25) is 5.89 Å². The Balaban J connectivity index is 1.73. The molecule has 1 atom stereocenters. The summed E-state index contributed by atoms with van der Waals surface area (Å²) in [6.07, 6.45) is 1.63. The molecular weight excluding hydrogens is 230 g/mol. The molecule has 1 aliphatic heterocycles. The van der Waals surface area contributed by atoms with E-state index in [0.717, 1.165) is 31.0 Å². The van der Waals surface area contributed by atoms with E-state index in [2.05, 4.69) is 15.5 Å². The first-order chi connectivity index (χ1) is 8.81. The van der Waals surface area contributed by atoms with Crippen LogP contribution >= 0.6 is 0 Å². The molecule has 0 amide bonds. The summed E-state index contributed by atoms with van der Waals surface area (Å²) in [4.78, 5) is 4.42. The van der Waals surface area contributed by atoms with Crippen LogP contribution in [0.4, 0.5) is 0 Å². The van der Waals surface area contributed by atoms with E-state index in [4.69, 9.17) is 4.52 Å². The lowest BCUT2D eigenvalue weighted by Crippen LogP contribution is -2.08. The molecule has 1 aromatic heterocycles. The molecule has 2 heterocycles. The predicted octanol–water partition coefficient (Wildman–Crippen LogP) is 1.44. The number of hydrogen-bond acceptors (Lipinski definition) is 5. The summed E-state index contributed by atoms with van der Waals surface area (Å²) < 4.78 is 5.29. The number of hydrogen-bond donors (Lipinski definition) is 2. The molecule has 1 unspecified atom stereocenters. The van der Waals surface area contributed by atoms with E-state index < -0.39 is 0 Å². The number of rotatable bonds is 3. The largest absolute Gasteiger partial charge is 0.508 e. The highest BCUT2D eigenvalue weighted by molar-refractivity contribution is 5.28. The van der Waals surface area contributed by atoms with E-state index in [0.29, 0.717) is 18.2 Å². The van der Waals surface area contributed by atoms with Crippen LogP contribution in [0.15, 0.2) is 28.8 Å². The lowest BCUT2D eigenvalue weighted by molar-refractivity contribution is 0.355.